The fourth-order valence-corrected chi connectivity index (χ4v) is 2.06. The van der Waals surface area contributed by atoms with E-state index in [2.05, 4.69) is 19.2 Å². The molecule has 1 rings (SSSR count). The van der Waals surface area contributed by atoms with Gasteiger partial charge in [-0.15, -0.1) is 0 Å². The highest BCUT2D eigenvalue weighted by atomic mass is 16.5. The molecule has 1 fully saturated rings. The van der Waals surface area contributed by atoms with Crippen LogP contribution in [0.1, 0.15) is 46.0 Å². The maximum Gasteiger partial charge on any atom is 0.249 e. The van der Waals surface area contributed by atoms with Crippen LogP contribution in [-0.4, -0.2) is 30.7 Å². The molecule has 0 spiro atoms. The summed E-state index contributed by atoms with van der Waals surface area (Å²) in [5.41, 5.74) is 5.50. The summed E-state index contributed by atoms with van der Waals surface area (Å²) < 4.78 is 5.47. The molecule has 1 atom stereocenters. The molecule has 0 saturated carbocycles. The summed E-state index contributed by atoms with van der Waals surface area (Å²) >= 11 is 0. The fraction of sp³-hybridized carbons (Fsp3) is 0.917. The Morgan fingerprint density at radius 2 is 2.12 bits per heavy atom. The molecule has 1 unspecified atom stereocenters. The first-order chi connectivity index (χ1) is 7.67. The topological polar surface area (TPSA) is 64.3 Å². The van der Waals surface area contributed by atoms with Gasteiger partial charge in [-0.25, -0.2) is 0 Å². The molecule has 0 aromatic carbocycles. The van der Waals surface area contributed by atoms with E-state index in [1.54, 1.807) is 0 Å². The molecule has 1 aliphatic rings. The third kappa shape index (κ3) is 3.19. The van der Waals surface area contributed by atoms with Crippen molar-refractivity contribution in [3.05, 3.63) is 0 Å². The van der Waals surface area contributed by atoms with Gasteiger partial charge in [0.2, 0.25) is 5.91 Å². The van der Waals surface area contributed by atoms with E-state index in [0.29, 0.717) is 13.2 Å². The van der Waals surface area contributed by atoms with Crippen LogP contribution in [0.5, 0.6) is 0 Å². The monoisotopic (exact) mass is 228 g/mol. The third-order valence-corrected chi connectivity index (χ3v) is 3.60. The van der Waals surface area contributed by atoms with Gasteiger partial charge >= 0.3 is 0 Å². The van der Waals surface area contributed by atoms with Crippen LogP contribution in [0.3, 0.4) is 0 Å². The lowest BCUT2D eigenvalue weighted by Crippen LogP contribution is -2.56. The molecule has 4 nitrogen and oxygen atoms in total. The first-order valence-corrected chi connectivity index (χ1v) is 6.31. The van der Waals surface area contributed by atoms with Gasteiger partial charge in [-0.3, -0.25) is 4.79 Å². The smallest absolute Gasteiger partial charge is 0.249 e. The normalized spacial score (nSPS) is 21.8. The lowest BCUT2D eigenvalue weighted by Gasteiger charge is -2.34. The van der Waals surface area contributed by atoms with Crippen LogP contribution in [0, 0.1) is 0 Å². The van der Waals surface area contributed by atoms with Gasteiger partial charge in [0.25, 0.3) is 0 Å². The summed E-state index contributed by atoms with van der Waals surface area (Å²) in [6.45, 7) is 5.29. The third-order valence-electron chi connectivity index (χ3n) is 3.60. The highest BCUT2D eigenvalue weighted by Gasteiger charge is 2.30. The number of nitrogens with two attached hydrogens (primary N) is 1. The van der Waals surface area contributed by atoms with Gasteiger partial charge < -0.3 is 15.8 Å². The zero-order valence-corrected chi connectivity index (χ0v) is 10.4. The summed E-state index contributed by atoms with van der Waals surface area (Å²) in [6.07, 6.45) is 4.42. The predicted molar refractivity (Wildman–Crippen MR) is 64.1 cm³/mol. The van der Waals surface area contributed by atoms with Crippen LogP contribution in [0.15, 0.2) is 0 Å². The number of nitrogens with one attached hydrogen (secondary N) is 1. The molecule has 4 heteroatoms. The number of ether oxygens (including phenoxy) is 1. The van der Waals surface area contributed by atoms with Crippen molar-refractivity contribution in [1.82, 2.24) is 5.32 Å². The van der Waals surface area contributed by atoms with Gasteiger partial charge in [0.1, 0.15) is 6.10 Å². The van der Waals surface area contributed by atoms with Crippen molar-refractivity contribution in [1.29, 1.82) is 0 Å². The minimum Gasteiger partial charge on any atom is -0.368 e. The van der Waals surface area contributed by atoms with E-state index < -0.39 is 0 Å². The minimum atomic E-state index is -0.266. The highest BCUT2D eigenvalue weighted by Crippen LogP contribution is 2.17. The first kappa shape index (κ1) is 13.5. The van der Waals surface area contributed by atoms with Crippen molar-refractivity contribution in [2.75, 3.05) is 13.2 Å². The maximum absolute atomic E-state index is 12.0. The Labute approximate surface area is 97.9 Å². The molecule has 1 heterocycles. The summed E-state index contributed by atoms with van der Waals surface area (Å²) in [4.78, 5) is 12.0. The van der Waals surface area contributed by atoms with E-state index in [-0.39, 0.29) is 17.6 Å². The minimum absolute atomic E-state index is 0.00819. The second-order valence-electron chi connectivity index (χ2n) is 4.54. The molecule has 0 aromatic rings. The zero-order valence-electron chi connectivity index (χ0n) is 10.4. The largest absolute Gasteiger partial charge is 0.368 e. The maximum atomic E-state index is 12.0. The number of carbonyl (C=O) groups is 1. The number of carbonyl (C=O) groups excluding carboxylic acids is 1. The molecule has 1 saturated heterocycles. The molecule has 0 radical (unpaired) electrons. The van der Waals surface area contributed by atoms with Gasteiger partial charge in [0.05, 0.1) is 5.54 Å². The highest BCUT2D eigenvalue weighted by molar-refractivity contribution is 5.81. The summed E-state index contributed by atoms with van der Waals surface area (Å²) in [5.74, 6) is 0.00819. The molecule has 16 heavy (non-hydrogen) atoms. The van der Waals surface area contributed by atoms with E-state index in [1.807, 2.05) is 0 Å². The summed E-state index contributed by atoms with van der Waals surface area (Å²) in [5, 5.41) is 3.06. The molecule has 1 aliphatic heterocycles. The van der Waals surface area contributed by atoms with Crippen LogP contribution in [0.25, 0.3) is 0 Å². The lowest BCUT2D eigenvalue weighted by molar-refractivity contribution is -0.137. The Kier molecular flexibility index (Phi) is 5.22. The van der Waals surface area contributed by atoms with E-state index in [1.165, 1.54) is 0 Å². The van der Waals surface area contributed by atoms with Gasteiger partial charge in [-0.05, 0) is 32.1 Å². The van der Waals surface area contributed by atoms with Crippen molar-refractivity contribution < 1.29 is 9.53 Å². The Morgan fingerprint density at radius 3 is 2.56 bits per heavy atom. The van der Waals surface area contributed by atoms with Gasteiger partial charge in [-0.1, -0.05) is 13.8 Å². The molecule has 0 bridgehead atoms. The first-order valence-electron chi connectivity index (χ1n) is 6.31. The van der Waals surface area contributed by atoms with Gasteiger partial charge in [0.15, 0.2) is 0 Å². The molecular formula is C12H24N2O2. The fourth-order valence-electron chi connectivity index (χ4n) is 2.06. The van der Waals surface area contributed by atoms with Crippen molar-refractivity contribution in [3.8, 4) is 0 Å². The molecule has 0 aromatic heterocycles. The van der Waals surface area contributed by atoms with E-state index in [9.17, 15) is 4.79 Å². The van der Waals surface area contributed by atoms with Gasteiger partial charge in [0, 0.05) is 13.2 Å². The van der Waals surface area contributed by atoms with E-state index in [4.69, 9.17) is 10.5 Å². The van der Waals surface area contributed by atoms with Crippen LogP contribution in [0.2, 0.25) is 0 Å². The molecular weight excluding hydrogens is 204 g/mol. The van der Waals surface area contributed by atoms with E-state index in [0.717, 1.165) is 32.1 Å². The number of hydrogen-bond donors (Lipinski definition) is 2. The standard InChI is InChI=1S/C12H24N2O2/c1-3-12(4-2,9-13)14-11(15)10-7-5-6-8-16-10/h10H,3-9,13H2,1-2H3,(H,14,15). The Bertz CT molecular complexity index is 213. The Balaban J connectivity index is 2.53. The predicted octanol–water partition coefficient (Wildman–Crippen LogP) is 1.19. The van der Waals surface area contributed by atoms with Crippen LogP contribution in [0.4, 0.5) is 0 Å². The summed E-state index contributed by atoms with van der Waals surface area (Å²) in [6, 6.07) is 0. The van der Waals surface area contributed by atoms with Crippen molar-refractivity contribution in [3.63, 3.8) is 0 Å². The Morgan fingerprint density at radius 1 is 1.44 bits per heavy atom. The molecule has 3 N–H and O–H groups in total. The lowest BCUT2D eigenvalue weighted by atomic mass is 9.92. The quantitative estimate of drug-likeness (QED) is 0.743. The number of rotatable bonds is 5. The average Bonchev–Trinajstić information content (AvgIpc) is 2.37. The molecule has 1 amide bonds. The molecule has 0 aliphatic carbocycles. The SMILES string of the molecule is CCC(CC)(CN)NC(=O)C1CCCCO1. The van der Waals surface area contributed by atoms with Crippen molar-refractivity contribution >= 4 is 5.91 Å². The van der Waals surface area contributed by atoms with Gasteiger partial charge in [-0.2, -0.15) is 0 Å². The number of amides is 1. The average molecular weight is 228 g/mol. The van der Waals surface area contributed by atoms with Crippen molar-refractivity contribution in [2.45, 2.75) is 57.6 Å². The second-order valence-corrected chi connectivity index (χ2v) is 4.54. The van der Waals surface area contributed by atoms with E-state index >= 15 is 0 Å². The molecule has 94 valence electrons. The zero-order chi connectivity index (χ0) is 12.0. The van der Waals surface area contributed by atoms with Crippen LogP contribution >= 0.6 is 0 Å². The number of hydrogen-bond acceptors (Lipinski definition) is 3. The van der Waals surface area contributed by atoms with Crippen LogP contribution in [-0.2, 0) is 9.53 Å². The second kappa shape index (κ2) is 6.21. The van der Waals surface area contributed by atoms with Crippen LogP contribution < -0.4 is 11.1 Å². The summed E-state index contributed by atoms with van der Waals surface area (Å²) in [7, 11) is 0. The Hall–Kier alpha value is -0.610. The van der Waals surface area contributed by atoms with Crippen molar-refractivity contribution in [2.24, 2.45) is 5.73 Å².